The first-order chi connectivity index (χ1) is 10.3. The number of methoxy groups -OCH3 is 2. The van der Waals surface area contributed by atoms with Gasteiger partial charge in [-0.3, -0.25) is 0 Å². The average molecular weight is 304 g/mol. The van der Waals surface area contributed by atoms with Gasteiger partial charge in [0.1, 0.15) is 11.5 Å². The van der Waals surface area contributed by atoms with Crippen LogP contribution in [0, 0.1) is 0 Å². The zero-order valence-electron chi connectivity index (χ0n) is 12.4. The van der Waals surface area contributed by atoms with Gasteiger partial charge in [0.15, 0.2) is 0 Å². The van der Waals surface area contributed by atoms with Crippen LogP contribution in [-0.4, -0.2) is 31.8 Å². The third-order valence-electron chi connectivity index (χ3n) is 3.58. The van der Waals surface area contributed by atoms with E-state index in [0.717, 1.165) is 46.8 Å². The van der Waals surface area contributed by atoms with Crippen LogP contribution in [0.25, 0.3) is 11.3 Å². The Bertz CT molecular complexity index is 608. The van der Waals surface area contributed by atoms with E-state index in [0.29, 0.717) is 0 Å². The summed E-state index contributed by atoms with van der Waals surface area (Å²) in [6, 6.07) is 6.54. The molecule has 0 bridgehead atoms. The molecule has 0 saturated heterocycles. The molecule has 1 N–H and O–H groups in total. The third-order valence-corrected chi connectivity index (χ3v) is 4.49. The molecule has 3 rings (SSSR count). The van der Waals surface area contributed by atoms with Crippen molar-refractivity contribution in [2.24, 2.45) is 0 Å². The van der Waals surface area contributed by atoms with Crippen LogP contribution in [0.3, 0.4) is 0 Å². The number of rotatable bonds is 7. The van der Waals surface area contributed by atoms with Gasteiger partial charge >= 0.3 is 0 Å². The van der Waals surface area contributed by atoms with E-state index < -0.39 is 0 Å². The number of thiazole rings is 1. The zero-order chi connectivity index (χ0) is 14.7. The fourth-order valence-electron chi connectivity index (χ4n) is 2.23. The second-order valence-electron chi connectivity index (χ2n) is 5.17. The van der Waals surface area contributed by atoms with E-state index in [9.17, 15) is 0 Å². The van der Waals surface area contributed by atoms with Crippen molar-refractivity contribution in [3.8, 4) is 22.8 Å². The molecule has 1 aliphatic rings. The second-order valence-corrected chi connectivity index (χ2v) is 6.11. The number of hydrogen-bond acceptors (Lipinski definition) is 5. The number of ether oxygens (including phenoxy) is 2. The van der Waals surface area contributed by atoms with Gasteiger partial charge in [-0.1, -0.05) is 0 Å². The highest BCUT2D eigenvalue weighted by Gasteiger charge is 2.20. The summed E-state index contributed by atoms with van der Waals surface area (Å²) in [7, 11) is 3.35. The summed E-state index contributed by atoms with van der Waals surface area (Å²) >= 11 is 1.70. The molecule has 1 heterocycles. The van der Waals surface area contributed by atoms with Crippen molar-refractivity contribution in [3.05, 3.63) is 28.6 Å². The maximum Gasteiger partial charge on any atom is 0.128 e. The van der Waals surface area contributed by atoms with E-state index in [1.165, 1.54) is 12.8 Å². The average Bonchev–Trinajstić information content (AvgIpc) is 3.22. The van der Waals surface area contributed by atoms with Crippen molar-refractivity contribution in [3.63, 3.8) is 0 Å². The molecule has 0 radical (unpaired) electrons. The van der Waals surface area contributed by atoms with E-state index >= 15 is 0 Å². The van der Waals surface area contributed by atoms with E-state index in [-0.39, 0.29) is 0 Å². The monoisotopic (exact) mass is 304 g/mol. The first-order valence-electron chi connectivity index (χ1n) is 7.20. The van der Waals surface area contributed by atoms with Crippen molar-refractivity contribution >= 4 is 11.3 Å². The molecule has 1 aromatic heterocycles. The summed E-state index contributed by atoms with van der Waals surface area (Å²) in [5, 5.41) is 6.76. The molecule has 1 fully saturated rings. The number of hydrogen-bond donors (Lipinski definition) is 1. The minimum absolute atomic E-state index is 0.753. The van der Waals surface area contributed by atoms with Crippen molar-refractivity contribution in [1.82, 2.24) is 10.3 Å². The van der Waals surface area contributed by atoms with Gasteiger partial charge in [0.2, 0.25) is 0 Å². The Morgan fingerprint density at radius 3 is 2.86 bits per heavy atom. The lowest BCUT2D eigenvalue weighted by molar-refractivity contribution is 0.404. The third kappa shape index (κ3) is 3.54. The minimum Gasteiger partial charge on any atom is -0.497 e. The van der Waals surface area contributed by atoms with Crippen LogP contribution in [0.5, 0.6) is 11.5 Å². The Kier molecular flexibility index (Phi) is 4.41. The second kappa shape index (κ2) is 6.45. The van der Waals surface area contributed by atoms with Gasteiger partial charge in [0, 0.05) is 30.0 Å². The van der Waals surface area contributed by atoms with Crippen LogP contribution >= 0.6 is 11.3 Å². The van der Waals surface area contributed by atoms with E-state index in [2.05, 4.69) is 10.7 Å². The Balaban J connectivity index is 1.74. The standard InChI is InChI=1S/C16H20N2O2S/c1-19-12-5-6-15(20-2)13(9-12)14-10-21-16(18-14)7-8-17-11-3-4-11/h5-6,9-11,17H,3-4,7-8H2,1-2H3. The molecule has 112 valence electrons. The first-order valence-corrected chi connectivity index (χ1v) is 8.08. The van der Waals surface area contributed by atoms with Gasteiger partial charge in [-0.2, -0.15) is 0 Å². The first kappa shape index (κ1) is 14.4. The summed E-state index contributed by atoms with van der Waals surface area (Å²) in [6.07, 6.45) is 3.63. The van der Waals surface area contributed by atoms with Gasteiger partial charge in [-0.15, -0.1) is 11.3 Å². The molecule has 0 unspecified atom stereocenters. The number of benzene rings is 1. The molecule has 0 amide bonds. The lowest BCUT2D eigenvalue weighted by Crippen LogP contribution is -2.19. The molecular formula is C16H20N2O2S. The van der Waals surface area contributed by atoms with Crippen LogP contribution in [0.1, 0.15) is 17.8 Å². The van der Waals surface area contributed by atoms with E-state index in [1.54, 1.807) is 25.6 Å². The Morgan fingerprint density at radius 1 is 1.29 bits per heavy atom. The molecule has 2 aromatic rings. The Labute approximate surface area is 129 Å². The van der Waals surface area contributed by atoms with Crippen LogP contribution in [0.15, 0.2) is 23.6 Å². The summed E-state index contributed by atoms with van der Waals surface area (Å²) < 4.78 is 10.7. The fraction of sp³-hybridized carbons (Fsp3) is 0.438. The minimum atomic E-state index is 0.753. The summed E-state index contributed by atoms with van der Waals surface area (Å²) in [6.45, 7) is 1.01. The maximum absolute atomic E-state index is 5.43. The number of nitrogens with one attached hydrogen (secondary N) is 1. The molecule has 5 heteroatoms. The predicted molar refractivity (Wildman–Crippen MR) is 85.4 cm³/mol. The Morgan fingerprint density at radius 2 is 2.14 bits per heavy atom. The van der Waals surface area contributed by atoms with Gasteiger partial charge in [0.05, 0.1) is 24.9 Å². The van der Waals surface area contributed by atoms with Gasteiger partial charge in [0.25, 0.3) is 0 Å². The summed E-state index contributed by atoms with van der Waals surface area (Å²) in [5.74, 6) is 1.64. The molecule has 0 aliphatic heterocycles. The molecular weight excluding hydrogens is 284 g/mol. The molecule has 4 nitrogen and oxygen atoms in total. The largest absolute Gasteiger partial charge is 0.497 e. The SMILES string of the molecule is COc1ccc(OC)c(-c2csc(CCNC3CC3)n2)c1. The van der Waals surface area contributed by atoms with Gasteiger partial charge < -0.3 is 14.8 Å². The normalized spacial score (nSPS) is 14.2. The molecule has 21 heavy (non-hydrogen) atoms. The topological polar surface area (TPSA) is 43.4 Å². The predicted octanol–water partition coefficient (Wildman–Crippen LogP) is 3.12. The van der Waals surface area contributed by atoms with E-state index in [1.807, 2.05) is 18.2 Å². The highest BCUT2D eigenvalue weighted by atomic mass is 32.1. The molecule has 1 aromatic carbocycles. The van der Waals surface area contributed by atoms with Crippen LogP contribution in [-0.2, 0) is 6.42 Å². The fourth-order valence-corrected chi connectivity index (χ4v) is 3.03. The molecule has 0 spiro atoms. The zero-order valence-corrected chi connectivity index (χ0v) is 13.2. The van der Waals surface area contributed by atoms with Crippen molar-refractivity contribution in [2.45, 2.75) is 25.3 Å². The highest BCUT2D eigenvalue weighted by molar-refractivity contribution is 7.09. The maximum atomic E-state index is 5.43. The van der Waals surface area contributed by atoms with E-state index in [4.69, 9.17) is 14.5 Å². The molecule has 1 saturated carbocycles. The number of aromatic nitrogens is 1. The highest BCUT2D eigenvalue weighted by Crippen LogP contribution is 2.34. The lowest BCUT2D eigenvalue weighted by Gasteiger charge is -2.08. The summed E-state index contributed by atoms with van der Waals surface area (Å²) in [4.78, 5) is 4.72. The Hall–Kier alpha value is -1.59. The van der Waals surface area contributed by atoms with Crippen LogP contribution in [0.4, 0.5) is 0 Å². The van der Waals surface area contributed by atoms with Gasteiger partial charge in [-0.05, 0) is 31.0 Å². The van der Waals surface area contributed by atoms with Gasteiger partial charge in [-0.25, -0.2) is 4.98 Å². The quantitative estimate of drug-likeness (QED) is 0.853. The van der Waals surface area contributed by atoms with Crippen LogP contribution in [0.2, 0.25) is 0 Å². The summed E-state index contributed by atoms with van der Waals surface area (Å²) in [5.41, 5.74) is 1.94. The van der Waals surface area contributed by atoms with Crippen molar-refractivity contribution in [1.29, 1.82) is 0 Å². The van der Waals surface area contributed by atoms with Crippen molar-refractivity contribution in [2.75, 3.05) is 20.8 Å². The molecule has 1 aliphatic carbocycles. The smallest absolute Gasteiger partial charge is 0.128 e. The number of nitrogens with zero attached hydrogens (tertiary/aromatic N) is 1. The molecule has 0 atom stereocenters. The van der Waals surface area contributed by atoms with Crippen molar-refractivity contribution < 1.29 is 9.47 Å². The lowest BCUT2D eigenvalue weighted by atomic mass is 10.1. The van der Waals surface area contributed by atoms with Crippen LogP contribution < -0.4 is 14.8 Å².